The van der Waals surface area contributed by atoms with Crippen LogP contribution in [0, 0.1) is 0 Å². The minimum absolute atomic E-state index is 0.150. The molecule has 2 atom stereocenters. The monoisotopic (exact) mass is 236 g/mol. The summed E-state index contributed by atoms with van der Waals surface area (Å²) >= 11 is 0. The molecule has 1 saturated carbocycles. The Morgan fingerprint density at radius 2 is 1.18 bits per heavy atom. The van der Waals surface area contributed by atoms with Gasteiger partial charge in [-0.2, -0.15) is 9.15 Å². The van der Waals surface area contributed by atoms with E-state index in [9.17, 15) is 0 Å². The van der Waals surface area contributed by atoms with Crippen molar-refractivity contribution in [1.82, 2.24) is 0 Å². The molecule has 1 saturated heterocycles. The van der Waals surface area contributed by atoms with E-state index >= 15 is 0 Å². The van der Waals surface area contributed by atoms with Gasteiger partial charge in [0.1, 0.15) is 0 Å². The lowest BCUT2D eigenvalue weighted by Crippen LogP contribution is -2.43. The third-order valence-electron chi connectivity index (χ3n) is 4.50. The maximum Gasteiger partial charge on any atom is 0.346 e. The smallest absolute Gasteiger partial charge is 0.166 e. The molecule has 1 aliphatic carbocycles. The van der Waals surface area contributed by atoms with Crippen molar-refractivity contribution in [2.45, 2.75) is 85.0 Å². The van der Waals surface area contributed by atoms with Crippen LogP contribution < -0.4 is 0 Å². The van der Waals surface area contributed by atoms with Crippen molar-refractivity contribution >= 4 is 11.4 Å². The molecule has 1 heterocycles. The number of rotatable bonds is 0. The summed E-state index contributed by atoms with van der Waals surface area (Å²) in [6, 6.07) is 1.47. The Morgan fingerprint density at radius 3 is 1.47 bits per heavy atom. The molecule has 17 heavy (non-hydrogen) atoms. The molecule has 2 aliphatic rings. The predicted octanol–water partition coefficient (Wildman–Crippen LogP) is 3.03. The molecule has 0 radical (unpaired) electrons. The van der Waals surface area contributed by atoms with E-state index in [-0.39, 0.29) is 5.66 Å². The highest BCUT2D eigenvalue weighted by Gasteiger charge is 2.62. The Kier molecular flexibility index (Phi) is 3.17. The van der Waals surface area contributed by atoms with E-state index < -0.39 is 0 Å². The third kappa shape index (κ3) is 1.86. The van der Waals surface area contributed by atoms with Crippen LogP contribution >= 0.6 is 0 Å². The predicted molar refractivity (Wildman–Crippen MR) is 73.4 cm³/mol. The Balaban J connectivity index is 2.58. The molecule has 2 rings (SSSR count). The van der Waals surface area contributed by atoms with Gasteiger partial charge in [-0.05, 0) is 12.8 Å². The fraction of sp³-hybridized carbons (Fsp3) is 0.867. The number of fused-ring (bicyclic) bond motifs is 1. The zero-order chi connectivity index (χ0) is 12.8. The van der Waals surface area contributed by atoms with Gasteiger partial charge in [-0.3, -0.25) is 0 Å². The second-order valence-corrected chi connectivity index (χ2v) is 6.55. The zero-order valence-electron chi connectivity index (χ0n) is 12.4. The van der Waals surface area contributed by atoms with Crippen LogP contribution in [0.3, 0.4) is 0 Å². The average molecular weight is 236 g/mol. The first-order chi connectivity index (χ1) is 7.87. The second-order valence-electron chi connectivity index (χ2n) is 6.55. The van der Waals surface area contributed by atoms with Gasteiger partial charge in [-0.1, -0.05) is 0 Å². The van der Waals surface area contributed by atoms with Gasteiger partial charge < -0.3 is 0 Å². The van der Waals surface area contributed by atoms with Gasteiger partial charge in [-0.25, -0.2) is 0 Å². The number of hydrogen-bond donors (Lipinski definition) is 0. The van der Waals surface area contributed by atoms with E-state index in [4.69, 9.17) is 0 Å². The molecule has 96 valence electrons. The quantitative estimate of drug-likeness (QED) is 0.570. The van der Waals surface area contributed by atoms with Gasteiger partial charge in [0.2, 0.25) is 12.1 Å². The molecule has 0 bridgehead atoms. The molecular weight excluding hydrogens is 208 g/mol. The Morgan fingerprint density at radius 1 is 0.824 bits per heavy atom. The van der Waals surface area contributed by atoms with E-state index in [1.165, 1.54) is 37.1 Å². The van der Waals surface area contributed by atoms with Crippen molar-refractivity contribution in [2.24, 2.45) is 0 Å². The van der Waals surface area contributed by atoms with E-state index in [0.29, 0.717) is 0 Å². The summed E-state index contributed by atoms with van der Waals surface area (Å²) in [7, 11) is 0. The molecule has 2 fully saturated rings. The Hall–Kier alpha value is -0.660. The van der Waals surface area contributed by atoms with Gasteiger partial charge >= 0.3 is 5.66 Å². The highest BCUT2D eigenvalue weighted by atomic mass is 15.4. The highest BCUT2D eigenvalue weighted by molar-refractivity contribution is 5.75. The fourth-order valence-corrected chi connectivity index (χ4v) is 4.38. The normalized spacial score (nSPS) is 31.4. The van der Waals surface area contributed by atoms with Crippen LogP contribution in [0.25, 0.3) is 0 Å². The lowest BCUT2D eigenvalue weighted by Gasteiger charge is -2.16. The lowest BCUT2D eigenvalue weighted by atomic mass is 9.91. The van der Waals surface area contributed by atoms with Crippen molar-refractivity contribution in [3.8, 4) is 0 Å². The number of hydrogen-bond acceptors (Lipinski definition) is 0. The molecular formula is C15H28N2+2. The first kappa shape index (κ1) is 12.8. The van der Waals surface area contributed by atoms with Crippen LogP contribution in [-0.4, -0.2) is 38.3 Å². The van der Waals surface area contributed by atoms with Crippen molar-refractivity contribution in [2.75, 3.05) is 0 Å². The maximum absolute atomic E-state index is 2.67. The van der Waals surface area contributed by atoms with Gasteiger partial charge in [0.15, 0.2) is 11.4 Å². The second kappa shape index (κ2) is 4.22. The van der Waals surface area contributed by atoms with E-state index in [1.807, 2.05) is 0 Å². The van der Waals surface area contributed by atoms with Crippen LogP contribution in [0.5, 0.6) is 0 Å². The molecule has 0 N–H and O–H groups in total. The molecule has 0 aromatic carbocycles. The average Bonchev–Trinajstić information content (AvgIpc) is 2.42. The topological polar surface area (TPSA) is 6.02 Å². The van der Waals surface area contributed by atoms with Gasteiger partial charge in [-0.15, -0.1) is 0 Å². The molecule has 2 nitrogen and oxygen atoms in total. The van der Waals surface area contributed by atoms with Crippen LogP contribution in [0.1, 0.15) is 67.2 Å². The van der Waals surface area contributed by atoms with Crippen LogP contribution in [0.2, 0.25) is 0 Å². The van der Waals surface area contributed by atoms with Crippen molar-refractivity contribution in [3.05, 3.63) is 0 Å². The summed E-state index contributed by atoms with van der Waals surface area (Å²) in [5.41, 5.74) is 3.09. The first-order valence-corrected chi connectivity index (χ1v) is 7.06. The summed E-state index contributed by atoms with van der Waals surface area (Å²) in [5.74, 6) is 0. The number of nitrogens with zero attached hydrogens (tertiary/aromatic N) is 2. The third-order valence-corrected chi connectivity index (χ3v) is 4.50. The Labute approximate surface area is 106 Å². The molecule has 0 aromatic rings. The largest absolute Gasteiger partial charge is 0.346 e. The highest BCUT2D eigenvalue weighted by Crippen LogP contribution is 2.36. The minimum atomic E-state index is 0.150. The van der Waals surface area contributed by atoms with Gasteiger partial charge in [0, 0.05) is 40.5 Å². The molecule has 0 unspecified atom stereocenters. The summed E-state index contributed by atoms with van der Waals surface area (Å²) in [4.78, 5) is 0. The zero-order valence-corrected chi connectivity index (χ0v) is 12.4. The Bertz CT molecular complexity index is 344. The van der Waals surface area contributed by atoms with Gasteiger partial charge in [0.25, 0.3) is 0 Å². The molecule has 0 aromatic heterocycles. The summed E-state index contributed by atoms with van der Waals surface area (Å²) < 4.78 is 5.34. The molecule has 1 aliphatic heterocycles. The first-order valence-electron chi connectivity index (χ1n) is 7.06. The summed E-state index contributed by atoms with van der Waals surface area (Å²) in [6.07, 6.45) is 5.53. The van der Waals surface area contributed by atoms with E-state index in [0.717, 1.165) is 12.1 Å². The fourth-order valence-electron chi connectivity index (χ4n) is 4.38. The van der Waals surface area contributed by atoms with Crippen molar-refractivity contribution in [1.29, 1.82) is 0 Å². The van der Waals surface area contributed by atoms with Crippen LogP contribution in [0.15, 0.2) is 0 Å². The van der Waals surface area contributed by atoms with Gasteiger partial charge in [0.05, 0.1) is 13.8 Å². The SMILES string of the molecule is CC(C)=[N+]1[C@H]2CCCC[C@@H]2[N+](=C(C)C)C1(C)C. The van der Waals surface area contributed by atoms with Crippen LogP contribution in [-0.2, 0) is 0 Å². The molecule has 0 spiro atoms. The summed E-state index contributed by atoms with van der Waals surface area (Å²) in [6.45, 7) is 13.8. The summed E-state index contributed by atoms with van der Waals surface area (Å²) in [5, 5.41) is 0. The molecule has 2 heteroatoms. The molecule has 0 amide bonds. The standard InChI is InChI=1S/C15H28N2/c1-11(2)16-13-9-7-8-10-14(13)17(12(3)4)15(16,5)6/h13-14H,7-10H2,1-6H3/q+2/t13-,14-/m0/s1. The van der Waals surface area contributed by atoms with Crippen molar-refractivity contribution in [3.63, 3.8) is 0 Å². The van der Waals surface area contributed by atoms with E-state index in [1.54, 1.807) is 0 Å². The lowest BCUT2D eigenvalue weighted by molar-refractivity contribution is -0.767. The van der Waals surface area contributed by atoms with E-state index in [2.05, 4.69) is 50.7 Å². The van der Waals surface area contributed by atoms with Crippen molar-refractivity contribution < 1.29 is 9.15 Å². The van der Waals surface area contributed by atoms with Crippen LogP contribution in [0.4, 0.5) is 0 Å². The minimum Gasteiger partial charge on any atom is -0.166 e. The maximum atomic E-state index is 2.67.